The van der Waals surface area contributed by atoms with E-state index in [0.29, 0.717) is 19.4 Å². The number of aliphatic hydroxyl groups is 1. The molecule has 116 valence electrons. The SMILES string of the molecule is CCC(O)(CC)CNC(=O)NCc1ccc2c(c1)CCC2. The number of carbonyl (C=O) groups excluding carboxylic acids is 1. The standard InChI is InChI=1S/C17H26N2O2/c1-3-17(21,4-2)12-19-16(20)18-11-13-8-9-14-6-5-7-15(14)10-13/h8-10,21H,3-7,11-12H2,1-2H3,(H2,18,19,20). The molecule has 0 atom stereocenters. The van der Waals surface area contributed by atoms with Gasteiger partial charge in [0.1, 0.15) is 0 Å². The fourth-order valence-electron chi connectivity index (χ4n) is 2.72. The minimum atomic E-state index is -0.801. The summed E-state index contributed by atoms with van der Waals surface area (Å²) in [6, 6.07) is 6.22. The number of aryl methyl sites for hydroxylation is 2. The molecule has 1 aromatic carbocycles. The Balaban J connectivity index is 1.79. The first-order chi connectivity index (χ1) is 10.1. The molecule has 0 radical (unpaired) electrons. The summed E-state index contributed by atoms with van der Waals surface area (Å²) in [5.74, 6) is 0. The van der Waals surface area contributed by atoms with E-state index in [1.807, 2.05) is 13.8 Å². The van der Waals surface area contributed by atoms with Crippen LogP contribution in [0.25, 0.3) is 0 Å². The number of rotatable bonds is 6. The number of benzene rings is 1. The predicted octanol–water partition coefficient (Wildman–Crippen LogP) is 2.53. The maximum atomic E-state index is 11.8. The quantitative estimate of drug-likeness (QED) is 0.754. The van der Waals surface area contributed by atoms with E-state index in [1.165, 1.54) is 24.0 Å². The largest absolute Gasteiger partial charge is 0.388 e. The molecule has 0 aromatic heterocycles. The van der Waals surface area contributed by atoms with Crippen LogP contribution in [0.4, 0.5) is 4.79 Å². The van der Waals surface area contributed by atoms with Crippen LogP contribution >= 0.6 is 0 Å². The van der Waals surface area contributed by atoms with Crippen molar-refractivity contribution in [1.82, 2.24) is 10.6 Å². The Kier molecular flexibility index (Phi) is 5.23. The van der Waals surface area contributed by atoms with Gasteiger partial charge in [-0.15, -0.1) is 0 Å². The zero-order chi connectivity index (χ0) is 15.3. The summed E-state index contributed by atoms with van der Waals surface area (Å²) >= 11 is 0. The molecule has 0 spiro atoms. The molecular formula is C17H26N2O2. The highest BCUT2D eigenvalue weighted by molar-refractivity contribution is 5.73. The monoisotopic (exact) mass is 290 g/mol. The Bertz CT molecular complexity index is 496. The first-order valence-corrected chi connectivity index (χ1v) is 7.91. The molecule has 0 aliphatic heterocycles. The molecule has 4 heteroatoms. The fraction of sp³-hybridized carbons (Fsp3) is 0.588. The van der Waals surface area contributed by atoms with Crippen LogP contribution in [0.5, 0.6) is 0 Å². The average molecular weight is 290 g/mol. The second-order valence-corrected chi connectivity index (χ2v) is 5.92. The van der Waals surface area contributed by atoms with Crippen LogP contribution in [0.15, 0.2) is 18.2 Å². The summed E-state index contributed by atoms with van der Waals surface area (Å²) in [6.45, 7) is 4.66. The van der Waals surface area contributed by atoms with E-state index in [9.17, 15) is 9.90 Å². The molecule has 2 amide bonds. The van der Waals surface area contributed by atoms with Crippen LogP contribution in [0.2, 0.25) is 0 Å². The lowest BCUT2D eigenvalue weighted by Crippen LogP contribution is -2.45. The minimum Gasteiger partial charge on any atom is -0.388 e. The van der Waals surface area contributed by atoms with Crippen LogP contribution in [0, 0.1) is 0 Å². The topological polar surface area (TPSA) is 61.4 Å². The van der Waals surface area contributed by atoms with Gasteiger partial charge >= 0.3 is 6.03 Å². The highest BCUT2D eigenvalue weighted by Crippen LogP contribution is 2.22. The Morgan fingerprint density at radius 1 is 1.19 bits per heavy atom. The summed E-state index contributed by atoms with van der Waals surface area (Å²) in [5.41, 5.74) is 3.19. The van der Waals surface area contributed by atoms with Crippen LogP contribution in [0.1, 0.15) is 49.8 Å². The first-order valence-electron chi connectivity index (χ1n) is 7.91. The van der Waals surface area contributed by atoms with Gasteiger partial charge in [-0.1, -0.05) is 32.0 Å². The van der Waals surface area contributed by atoms with E-state index in [4.69, 9.17) is 0 Å². The van der Waals surface area contributed by atoms with Crippen molar-refractivity contribution in [2.75, 3.05) is 6.54 Å². The summed E-state index contributed by atoms with van der Waals surface area (Å²) in [4.78, 5) is 11.8. The van der Waals surface area contributed by atoms with Crippen LogP contribution in [-0.4, -0.2) is 23.3 Å². The van der Waals surface area contributed by atoms with Crippen molar-refractivity contribution < 1.29 is 9.90 Å². The molecule has 0 bridgehead atoms. The van der Waals surface area contributed by atoms with Crippen molar-refractivity contribution in [3.8, 4) is 0 Å². The predicted molar refractivity (Wildman–Crippen MR) is 84.2 cm³/mol. The third kappa shape index (κ3) is 4.21. The number of nitrogens with one attached hydrogen (secondary N) is 2. The maximum absolute atomic E-state index is 11.8. The van der Waals surface area contributed by atoms with Gasteiger partial charge in [-0.05, 0) is 48.8 Å². The number of hydrogen-bond acceptors (Lipinski definition) is 2. The highest BCUT2D eigenvalue weighted by atomic mass is 16.3. The maximum Gasteiger partial charge on any atom is 0.315 e. The van der Waals surface area contributed by atoms with Crippen molar-refractivity contribution in [1.29, 1.82) is 0 Å². The van der Waals surface area contributed by atoms with Gasteiger partial charge in [0.15, 0.2) is 0 Å². The zero-order valence-electron chi connectivity index (χ0n) is 13.0. The number of fused-ring (bicyclic) bond motifs is 1. The van der Waals surface area contributed by atoms with E-state index < -0.39 is 5.60 Å². The van der Waals surface area contributed by atoms with Crippen LogP contribution in [-0.2, 0) is 19.4 Å². The van der Waals surface area contributed by atoms with Crippen molar-refractivity contribution >= 4 is 6.03 Å². The van der Waals surface area contributed by atoms with E-state index >= 15 is 0 Å². The molecule has 1 aromatic rings. The molecule has 21 heavy (non-hydrogen) atoms. The summed E-state index contributed by atoms with van der Waals surface area (Å²) < 4.78 is 0. The highest BCUT2D eigenvalue weighted by Gasteiger charge is 2.22. The molecule has 1 aliphatic rings. The molecule has 0 unspecified atom stereocenters. The van der Waals surface area contributed by atoms with Crippen molar-refractivity contribution in [2.45, 2.75) is 58.1 Å². The summed E-state index contributed by atoms with van der Waals surface area (Å²) in [7, 11) is 0. The molecule has 4 nitrogen and oxygen atoms in total. The second-order valence-electron chi connectivity index (χ2n) is 5.92. The van der Waals surface area contributed by atoms with Crippen LogP contribution in [0.3, 0.4) is 0 Å². The van der Waals surface area contributed by atoms with Crippen molar-refractivity contribution in [3.05, 3.63) is 34.9 Å². The molecule has 0 saturated heterocycles. The molecule has 3 N–H and O–H groups in total. The molecular weight excluding hydrogens is 264 g/mol. The number of urea groups is 1. The summed E-state index contributed by atoms with van der Waals surface area (Å²) in [5, 5.41) is 15.7. The van der Waals surface area contributed by atoms with E-state index in [0.717, 1.165) is 12.0 Å². The van der Waals surface area contributed by atoms with Gasteiger partial charge < -0.3 is 15.7 Å². The van der Waals surface area contributed by atoms with E-state index in [2.05, 4.69) is 28.8 Å². The van der Waals surface area contributed by atoms with Gasteiger partial charge in [0.2, 0.25) is 0 Å². The van der Waals surface area contributed by atoms with E-state index in [-0.39, 0.29) is 12.6 Å². The van der Waals surface area contributed by atoms with Gasteiger partial charge in [0, 0.05) is 13.1 Å². The van der Waals surface area contributed by atoms with Crippen molar-refractivity contribution in [2.24, 2.45) is 0 Å². The molecule has 2 rings (SSSR count). The zero-order valence-corrected chi connectivity index (χ0v) is 13.0. The second kappa shape index (κ2) is 6.94. The first kappa shape index (κ1) is 15.8. The normalized spacial score (nSPS) is 13.9. The Morgan fingerprint density at radius 3 is 2.62 bits per heavy atom. The lowest BCUT2D eigenvalue weighted by molar-refractivity contribution is 0.0349. The van der Waals surface area contributed by atoms with Gasteiger partial charge in [-0.2, -0.15) is 0 Å². The van der Waals surface area contributed by atoms with Gasteiger partial charge in [0.05, 0.1) is 5.60 Å². The molecule has 0 heterocycles. The number of carbonyl (C=O) groups is 1. The lowest BCUT2D eigenvalue weighted by atomic mass is 9.98. The van der Waals surface area contributed by atoms with Crippen molar-refractivity contribution in [3.63, 3.8) is 0 Å². The molecule has 0 saturated carbocycles. The number of amides is 2. The smallest absolute Gasteiger partial charge is 0.315 e. The lowest BCUT2D eigenvalue weighted by Gasteiger charge is -2.25. The van der Waals surface area contributed by atoms with Gasteiger partial charge in [0.25, 0.3) is 0 Å². The summed E-state index contributed by atoms with van der Waals surface area (Å²) in [6.07, 6.45) is 4.83. The Labute approximate surface area is 126 Å². The molecule has 0 fully saturated rings. The fourth-order valence-corrected chi connectivity index (χ4v) is 2.72. The minimum absolute atomic E-state index is 0.226. The third-order valence-corrected chi connectivity index (χ3v) is 4.51. The van der Waals surface area contributed by atoms with Gasteiger partial charge in [-0.3, -0.25) is 0 Å². The Hall–Kier alpha value is -1.55. The Morgan fingerprint density at radius 2 is 1.90 bits per heavy atom. The van der Waals surface area contributed by atoms with Gasteiger partial charge in [-0.25, -0.2) is 4.79 Å². The number of hydrogen-bond donors (Lipinski definition) is 3. The average Bonchev–Trinajstić information content (AvgIpc) is 2.98. The van der Waals surface area contributed by atoms with Crippen LogP contribution < -0.4 is 10.6 Å². The molecule has 1 aliphatic carbocycles. The van der Waals surface area contributed by atoms with E-state index in [1.54, 1.807) is 0 Å². The third-order valence-electron chi connectivity index (χ3n) is 4.51.